The Morgan fingerprint density at radius 2 is 2.00 bits per heavy atom. The van der Waals surface area contributed by atoms with Crippen LogP contribution >= 0.6 is 0 Å². The lowest BCUT2D eigenvalue weighted by Gasteiger charge is -2.33. The molecule has 1 N–H and O–H groups in total. The Hall–Kier alpha value is -1.91. The average Bonchev–Trinajstić information content (AvgIpc) is 2.54. The van der Waals surface area contributed by atoms with Crippen LogP contribution in [0.25, 0.3) is 0 Å². The molecule has 1 fully saturated rings. The van der Waals surface area contributed by atoms with Gasteiger partial charge in [-0.25, -0.2) is 8.42 Å². The van der Waals surface area contributed by atoms with Crippen molar-refractivity contribution in [3.8, 4) is 6.07 Å². The zero-order chi connectivity index (χ0) is 17.0. The van der Waals surface area contributed by atoms with Crippen molar-refractivity contribution in [1.82, 2.24) is 9.62 Å². The molecule has 1 aliphatic heterocycles. The molecule has 1 aromatic rings. The van der Waals surface area contributed by atoms with Gasteiger partial charge in [0.2, 0.25) is 15.9 Å². The second-order valence-electron chi connectivity index (χ2n) is 5.85. The number of hydrogen-bond acceptors (Lipinski definition) is 4. The quantitative estimate of drug-likeness (QED) is 0.904. The summed E-state index contributed by atoms with van der Waals surface area (Å²) >= 11 is 0. The third kappa shape index (κ3) is 4.30. The summed E-state index contributed by atoms with van der Waals surface area (Å²) in [7, 11) is -3.39. The summed E-state index contributed by atoms with van der Waals surface area (Å²) in [6.07, 6.45) is 3.30. The summed E-state index contributed by atoms with van der Waals surface area (Å²) in [6.45, 7) is 2.23. The van der Waals surface area contributed by atoms with E-state index >= 15 is 0 Å². The Bertz CT molecular complexity index is 707. The fourth-order valence-electron chi connectivity index (χ4n) is 2.80. The highest BCUT2D eigenvalue weighted by atomic mass is 32.2. The maximum absolute atomic E-state index is 12.5. The minimum Gasteiger partial charge on any atom is -0.348 e. The van der Waals surface area contributed by atoms with E-state index in [1.54, 1.807) is 24.3 Å². The molecule has 0 radical (unpaired) electrons. The molecule has 0 bridgehead atoms. The molecule has 1 aromatic carbocycles. The molecule has 23 heavy (non-hydrogen) atoms. The van der Waals surface area contributed by atoms with Crippen molar-refractivity contribution in [3.05, 3.63) is 35.4 Å². The van der Waals surface area contributed by atoms with Crippen LogP contribution in [0.15, 0.2) is 24.3 Å². The number of rotatable bonds is 4. The summed E-state index contributed by atoms with van der Waals surface area (Å²) in [6, 6.07) is 8.13. The molecule has 0 unspecified atom stereocenters. The molecule has 1 heterocycles. The van der Waals surface area contributed by atoms with Crippen molar-refractivity contribution in [2.45, 2.75) is 38.3 Å². The molecule has 2 rings (SSSR count). The summed E-state index contributed by atoms with van der Waals surface area (Å²) in [5, 5.41) is 11.7. The number of amides is 1. The first-order chi connectivity index (χ1) is 10.8. The van der Waals surface area contributed by atoms with Gasteiger partial charge in [-0.15, -0.1) is 0 Å². The van der Waals surface area contributed by atoms with Crippen LogP contribution in [-0.4, -0.2) is 37.5 Å². The van der Waals surface area contributed by atoms with E-state index in [0.29, 0.717) is 18.5 Å². The molecule has 1 amide bonds. The summed E-state index contributed by atoms with van der Waals surface area (Å²) in [5.74, 6) is -0.271. The van der Waals surface area contributed by atoms with Gasteiger partial charge in [0, 0.05) is 6.54 Å². The normalized spacial score (nSPS) is 20.5. The fourth-order valence-corrected chi connectivity index (χ4v) is 3.93. The second-order valence-corrected chi connectivity index (χ2v) is 7.78. The number of benzene rings is 1. The number of nitriles is 1. The maximum Gasteiger partial charge on any atom is 0.238 e. The van der Waals surface area contributed by atoms with Gasteiger partial charge in [0.25, 0.3) is 0 Å². The number of nitrogens with zero attached hydrogens (tertiary/aromatic N) is 2. The van der Waals surface area contributed by atoms with Gasteiger partial charge in [-0.05, 0) is 37.5 Å². The summed E-state index contributed by atoms with van der Waals surface area (Å²) < 4.78 is 25.0. The van der Waals surface area contributed by atoms with Crippen molar-refractivity contribution < 1.29 is 13.2 Å². The van der Waals surface area contributed by atoms with Gasteiger partial charge in [-0.1, -0.05) is 18.6 Å². The van der Waals surface area contributed by atoms with Crippen molar-refractivity contribution in [2.24, 2.45) is 0 Å². The first-order valence-electron chi connectivity index (χ1n) is 7.60. The fraction of sp³-hybridized carbons (Fsp3) is 0.500. The lowest BCUT2D eigenvalue weighted by molar-refractivity contribution is -0.126. The molecule has 6 nitrogen and oxygen atoms in total. The van der Waals surface area contributed by atoms with Crippen LogP contribution in [0.3, 0.4) is 0 Å². The molecule has 1 aliphatic rings. The van der Waals surface area contributed by atoms with Crippen LogP contribution in [-0.2, 0) is 14.8 Å². The van der Waals surface area contributed by atoms with E-state index in [0.717, 1.165) is 24.7 Å². The zero-order valence-electron chi connectivity index (χ0n) is 13.3. The van der Waals surface area contributed by atoms with E-state index in [1.165, 1.54) is 4.31 Å². The van der Waals surface area contributed by atoms with Gasteiger partial charge >= 0.3 is 0 Å². The lowest BCUT2D eigenvalue weighted by atomic mass is 10.0. The van der Waals surface area contributed by atoms with Gasteiger partial charge < -0.3 is 5.32 Å². The van der Waals surface area contributed by atoms with Gasteiger partial charge in [0.1, 0.15) is 6.04 Å². The van der Waals surface area contributed by atoms with Crippen molar-refractivity contribution in [3.63, 3.8) is 0 Å². The predicted molar refractivity (Wildman–Crippen MR) is 86.9 cm³/mol. The molecule has 2 atom stereocenters. The zero-order valence-corrected chi connectivity index (χ0v) is 14.1. The highest BCUT2D eigenvalue weighted by Crippen LogP contribution is 2.21. The first-order valence-corrected chi connectivity index (χ1v) is 9.45. The standard InChI is InChI=1S/C16H21N3O3S/c1-12(14-8-6-13(11-17)7-9-14)18-16(20)15-5-3-4-10-19(15)23(2,21)22/h6-9,12,15H,3-5,10H2,1-2H3,(H,18,20)/t12-,15-/m0/s1. The van der Waals surface area contributed by atoms with Crippen molar-refractivity contribution in [2.75, 3.05) is 12.8 Å². The van der Waals surface area contributed by atoms with E-state index in [-0.39, 0.29) is 11.9 Å². The number of hydrogen-bond donors (Lipinski definition) is 1. The Balaban J connectivity index is 2.08. The van der Waals surface area contributed by atoms with E-state index in [1.807, 2.05) is 13.0 Å². The van der Waals surface area contributed by atoms with Crippen LogP contribution in [0, 0.1) is 11.3 Å². The molecule has 7 heteroatoms. The smallest absolute Gasteiger partial charge is 0.238 e. The first kappa shape index (κ1) is 17.4. The predicted octanol–water partition coefficient (Wildman–Crippen LogP) is 1.55. The van der Waals surface area contributed by atoms with Crippen LogP contribution in [0.1, 0.15) is 43.4 Å². The number of nitrogens with one attached hydrogen (secondary N) is 1. The van der Waals surface area contributed by atoms with E-state index < -0.39 is 16.1 Å². The van der Waals surface area contributed by atoms with Gasteiger partial charge in [0.15, 0.2) is 0 Å². The van der Waals surface area contributed by atoms with E-state index in [4.69, 9.17) is 5.26 Å². The SMILES string of the molecule is C[C@H](NC(=O)[C@@H]1CCCCN1S(C)(=O)=O)c1ccc(C#N)cc1. The Kier molecular flexibility index (Phi) is 5.39. The van der Waals surface area contributed by atoms with E-state index in [9.17, 15) is 13.2 Å². The molecule has 0 saturated carbocycles. The third-order valence-corrected chi connectivity index (χ3v) is 5.37. The number of carbonyl (C=O) groups is 1. The minimum atomic E-state index is -3.39. The second kappa shape index (κ2) is 7.11. The van der Waals surface area contributed by atoms with Gasteiger partial charge in [-0.2, -0.15) is 9.57 Å². The number of carbonyl (C=O) groups excluding carboxylic acids is 1. The van der Waals surface area contributed by atoms with Crippen LogP contribution < -0.4 is 5.32 Å². The topological polar surface area (TPSA) is 90.3 Å². The van der Waals surface area contributed by atoms with Crippen LogP contribution in [0.2, 0.25) is 0 Å². The number of piperidine rings is 1. The molecule has 124 valence electrons. The molecule has 0 spiro atoms. The monoisotopic (exact) mass is 335 g/mol. The van der Waals surface area contributed by atoms with Gasteiger partial charge in [-0.3, -0.25) is 4.79 Å². The molecule has 1 saturated heterocycles. The van der Waals surface area contributed by atoms with Crippen molar-refractivity contribution >= 4 is 15.9 Å². The Morgan fingerprint density at radius 1 is 1.35 bits per heavy atom. The van der Waals surface area contributed by atoms with Crippen LogP contribution in [0.4, 0.5) is 0 Å². The number of sulfonamides is 1. The third-order valence-electron chi connectivity index (χ3n) is 4.08. The summed E-state index contributed by atoms with van der Waals surface area (Å²) in [5.41, 5.74) is 1.43. The van der Waals surface area contributed by atoms with E-state index in [2.05, 4.69) is 5.32 Å². The Labute approximate surface area is 137 Å². The highest BCUT2D eigenvalue weighted by Gasteiger charge is 2.34. The summed E-state index contributed by atoms with van der Waals surface area (Å²) in [4.78, 5) is 12.5. The highest BCUT2D eigenvalue weighted by molar-refractivity contribution is 7.88. The molecule has 0 aromatic heterocycles. The van der Waals surface area contributed by atoms with Gasteiger partial charge in [0.05, 0.1) is 23.9 Å². The average molecular weight is 335 g/mol. The Morgan fingerprint density at radius 3 is 2.57 bits per heavy atom. The molecular weight excluding hydrogens is 314 g/mol. The maximum atomic E-state index is 12.5. The van der Waals surface area contributed by atoms with Crippen LogP contribution in [0.5, 0.6) is 0 Å². The lowest BCUT2D eigenvalue weighted by Crippen LogP contribution is -2.51. The molecular formula is C16H21N3O3S. The minimum absolute atomic E-state index is 0.251. The largest absolute Gasteiger partial charge is 0.348 e. The molecule has 0 aliphatic carbocycles. The van der Waals surface area contributed by atoms with Crippen molar-refractivity contribution in [1.29, 1.82) is 5.26 Å².